The zero-order valence-corrected chi connectivity index (χ0v) is 14.5. The molecule has 0 saturated carbocycles. The van der Waals surface area contributed by atoms with Crippen molar-refractivity contribution in [2.75, 3.05) is 29.4 Å². The zero-order valence-electron chi connectivity index (χ0n) is 14.5. The number of rotatable bonds is 3. The Balaban J connectivity index is 1.69. The molecule has 0 bridgehead atoms. The fraction of sp³-hybridized carbons (Fsp3) is 0.316. The maximum Gasteiger partial charge on any atom is 0.573 e. The van der Waals surface area contributed by atoms with E-state index < -0.39 is 12.2 Å². The number of hydrogen-bond acceptors (Lipinski definition) is 3. The number of ether oxygens (including phenoxy) is 1. The molecular weight excluding hydrogens is 362 g/mol. The topological polar surface area (TPSA) is 20.1 Å². The lowest BCUT2D eigenvalue weighted by atomic mass is 10.1. The third kappa shape index (κ3) is 4.42. The molecule has 1 aliphatic rings. The Bertz CT molecular complexity index is 846. The van der Waals surface area contributed by atoms with Gasteiger partial charge in [0.05, 0.1) is 12.3 Å². The molecule has 2 aromatic rings. The number of piperazine rings is 1. The van der Waals surface area contributed by atoms with Crippen LogP contribution in [0, 0.1) is 12.4 Å². The van der Waals surface area contributed by atoms with E-state index in [4.69, 9.17) is 6.57 Å². The van der Waals surface area contributed by atoms with Crippen molar-refractivity contribution in [3.63, 3.8) is 0 Å². The van der Waals surface area contributed by atoms with Crippen LogP contribution in [-0.2, 0) is 0 Å². The molecule has 1 saturated heterocycles. The first-order chi connectivity index (χ1) is 12.8. The Kier molecular flexibility index (Phi) is 5.13. The second-order valence-corrected chi connectivity index (χ2v) is 6.28. The predicted molar refractivity (Wildman–Crippen MR) is 94.8 cm³/mol. The van der Waals surface area contributed by atoms with Crippen LogP contribution in [0.4, 0.5) is 34.6 Å². The summed E-state index contributed by atoms with van der Waals surface area (Å²) in [6.45, 7) is 10.6. The molecule has 0 spiro atoms. The first-order valence-corrected chi connectivity index (χ1v) is 8.31. The third-order valence-corrected chi connectivity index (χ3v) is 4.43. The molecule has 0 aromatic heterocycles. The van der Waals surface area contributed by atoms with Gasteiger partial charge in [-0.25, -0.2) is 9.24 Å². The lowest BCUT2D eigenvalue weighted by Gasteiger charge is -2.42. The first-order valence-electron chi connectivity index (χ1n) is 8.31. The minimum Gasteiger partial charge on any atom is -0.406 e. The van der Waals surface area contributed by atoms with Crippen molar-refractivity contribution in [2.45, 2.75) is 19.3 Å². The van der Waals surface area contributed by atoms with Gasteiger partial charge in [0.1, 0.15) is 11.6 Å². The van der Waals surface area contributed by atoms with Gasteiger partial charge in [0, 0.05) is 31.4 Å². The molecule has 1 fully saturated rings. The largest absolute Gasteiger partial charge is 0.573 e. The number of halogens is 4. The molecule has 0 radical (unpaired) electrons. The van der Waals surface area contributed by atoms with Gasteiger partial charge < -0.3 is 14.5 Å². The van der Waals surface area contributed by atoms with Crippen molar-refractivity contribution in [1.82, 2.24) is 0 Å². The third-order valence-electron chi connectivity index (χ3n) is 4.43. The fourth-order valence-electron chi connectivity index (χ4n) is 3.22. The highest BCUT2D eigenvalue weighted by atomic mass is 19.4. The maximum absolute atomic E-state index is 14.2. The van der Waals surface area contributed by atoms with E-state index in [0.29, 0.717) is 25.3 Å². The number of alkyl halides is 3. The van der Waals surface area contributed by atoms with Gasteiger partial charge in [0.2, 0.25) is 0 Å². The van der Waals surface area contributed by atoms with Crippen LogP contribution in [0.15, 0.2) is 42.5 Å². The lowest BCUT2D eigenvalue weighted by Crippen LogP contribution is -2.52. The molecule has 27 heavy (non-hydrogen) atoms. The van der Waals surface area contributed by atoms with E-state index in [1.165, 1.54) is 18.2 Å². The van der Waals surface area contributed by atoms with E-state index in [1.807, 2.05) is 11.8 Å². The molecule has 0 aliphatic carbocycles. The van der Waals surface area contributed by atoms with Crippen LogP contribution < -0.4 is 14.5 Å². The second-order valence-electron chi connectivity index (χ2n) is 6.28. The Hall–Kier alpha value is -2.95. The van der Waals surface area contributed by atoms with Crippen molar-refractivity contribution < 1.29 is 22.3 Å². The Labute approximate surface area is 154 Å². The standard InChI is InChI=1S/C19H17F4N3O/c1-13-12-25(18-8-3-14(24-2)11-17(18)20)9-10-26(13)15-4-6-16(7-5-15)27-19(21,22)23/h3-8,11,13H,9-10,12H2,1H3/t13-/m0/s1. The van der Waals surface area contributed by atoms with Gasteiger partial charge >= 0.3 is 6.36 Å². The van der Waals surface area contributed by atoms with Crippen LogP contribution in [0.2, 0.25) is 0 Å². The molecule has 1 atom stereocenters. The molecule has 1 heterocycles. The van der Waals surface area contributed by atoms with Crippen LogP contribution in [0.1, 0.15) is 6.92 Å². The molecule has 1 aliphatic heterocycles. The number of hydrogen-bond donors (Lipinski definition) is 0. The van der Waals surface area contributed by atoms with Crippen LogP contribution in [0.5, 0.6) is 5.75 Å². The zero-order chi connectivity index (χ0) is 19.6. The summed E-state index contributed by atoms with van der Waals surface area (Å²) in [7, 11) is 0. The molecule has 142 valence electrons. The molecular formula is C19H17F4N3O. The summed E-state index contributed by atoms with van der Waals surface area (Å²) in [4.78, 5) is 7.18. The van der Waals surface area contributed by atoms with Crippen molar-refractivity contribution in [1.29, 1.82) is 0 Å². The highest BCUT2D eigenvalue weighted by molar-refractivity contribution is 5.59. The summed E-state index contributed by atoms with van der Waals surface area (Å²) in [6.07, 6.45) is -4.71. The minimum atomic E-state index is -4.71. The van der Waals surface area contributed by atoms with E-state index in [1.54, 1.807) is 24.3 Å². The monoisotopic (exact) mass is 379 g/mol. The average Bonchev–Trinajstić information content (AvgIpc) is 2.61. The van der Waals surface area contributed by atoms with Gasteiger partial charge in [-0.15, -0.1) is 13.2 Å². The van der Waals surface area contributed by atoms with Gasteiger partial charge in [-0.05, 0) is 43.3 Å². The van der Waals surface area contributed by atoms with E-state index in [2.05, 4.69) is 14.5 Å². The smallest absolute Gasteiger partial charge is 0.406 e. The highest BCUT2D eigenvalue weighted by Gasteiger charge is 2.31. The molecule has 8 heteroatoms. The van der Waals surface area contributed by atoms with Gasteiger partial charge in [-0.2, -0.15) is 0 Å². The van der Waals surface area contributed by atoms with Crippen molar-refractivity contribution in [2.24, 2.45) is 0 Å². The molecule has 0 unspecified atom stereocenters. The van der Waals surface area contributed by atoms with Gasteiger partial charge in [0.25, 0.3) is 0 Å². The molecule has 0 N–H and O–H groups in total. The molecule has 2 aromatic carbocycles. The normalized spacial score (nSPS) is 17.6. The van der Waals surface area contributed by atoms with E-state index >= 15 is 0 Å². The van der Waals surface area contributed by atoms with E-state index in [0.717, 1.165) is 5.69 Å². The minimum absolute atomic E-state index is 0.0214. The van der Waals surface area contributed by atoms with Gasteiger partial charge in [-0.1, -0.05) is 6.07 Å². The predicted octanol–water partition coefficient (Wildman–Crippen LogP) is 4.99. The van der Waals surface area contributed by atoms with Gasteiger partial charge in [-0.3, -0.25) is 0 Å². The quantitative estimate of drug-likeness (QED) is 0.554. The first kappa shape index (κ1) is 18.8. The van der Waals surface area contributed by atoms with Crippen molar-refractivity contribution >= 4 is 17.1 Å². The summed E-state index contributed by atoms with van der Waals surface area (Å²) in [5.41, 5.74) is 1.48. The summed E-state index contributed by atoms with van der Waals surface area (Å²) in [5.74, 6) is -0.697. The Morgan fingerprint density at radius 3 is 2.37 bits per heavy atom. The van der Waals surface area contributed by atoms with Gasteiger partial charge in [0.15, 0.2) is 5.69 Å². The van der Waals surface area contributed by atoms with Crippen LogP contribution in [-0.4, -0.2) is 32.0 Å². The average molecular weight is 379 g/mol. The lowest BCUT2D eigenvalue weighted by molar-refractivity contribution is -0.274. The molecule has 0 amide bonds. The summed E-state index contributed by atoms with van der Waals surface area (Å²) >= 11 is 0. The number of nitrogens with zero attached hydrogens (tertiary/aromatic N) is 3. The van der Waals surface area contributed by atoms with E-state index in [-0.39, 0.29) is 17.5 Å². The summed E-state index contributed by atoms with van der Waals surface area (Å²) in [6, 6.07) is 10.2. The SMILES string of the molecule is [C-]#[N+]c1ccc(N2CCN(c3ccc(OC(F)(F)F)cc3)[C@@H](C)C2)c(F)c1. The number of anilines is 2. The number of benzene rings is 2. The van der Waals surface area contributed by atoms with Crippen molar-refractivity contribution in [3.8, 4) is 5.75 Å². The molecule has 4 nitrogen and oxygen atoms in total. The van der Waals surface area contributed by atoms with E-state index in [9.17, 15) is 17.6 Å². The highest BCUT2D eigenvalue weighted by Crippen LogP contribution is 2.30. The summed E-state index contributed by atoms with van der Waals surface area (Å²) < 4.78 is 54.9. The molecule has 3 rings (SSSR count). The van der Waals surface area contributed by atoms with Crippen LogP contribution in [0.3, 0.4) is 0 Å². The Morgan fingerprint density at radius 2 is 1.81 bits per heavy atom. The second kappa shape index (κ2) is 7.35. The summed E-state index contributed by atoms with van der Waals surface area (Å²) in [5, 5.41) is 0. The Morgan fingerprint density at radius 1 is 1.11 bits per heavy atom. The maximum atomic E-state index is 14.2. The van der Waals surface area contributed by atoms with Crippen LogP contribution in [0.25, 0.3) is 4.85 Å². The fourth-order valence-corrected chi connectivity index (χ4v) is 3.22. The van der Waals surface area contributed by atoms with Crippen molar-refractivity contribution in [3.05, 3.63) is 59.7 Å². The van der Waals surface area contributed by atoms with Crippen LogP contribution >= 0.6 is 0 Å².